The topological polar surface area (TPSA) is 95.7 Å². The normalized spacial score (nSPS) is 12.1. The first kappa shape index (κ1) is 30.5. The summed E-state index contributed by atoms with van der Waals surface area (Å²) < 4.78 is 6.47. The van der Waals surface area contributed by atoms with Crippen LogP contribution in [0.3, 0.4) is 0 Å². The van der Waals surface area contributed by atoms with E-state index in [0.717, 1.165) is 44.1 Å². The molecule has 7 nitrogen and oxygen atoms in total. The zero-order chi connectivity index (χ0) is 28.8. The first-order valence-corrected chi connectivity index (χ1v) is 16.2. The van der Waals surface area contributed by atoms with E-state index in [9.17, 15) is 4.79 Å². The van der Waals surface area contributed by atoms with Crippen LogP contribution in [0.5, 0.6) is 0 Å². The minimum atomic E-state index is -1.20. The van der Waals surface area contributed by atoms with Crippen LogP contribution in [-0.4, -0.2) is 43.3 Å². The van der Waals surface area contributed by atoms with Gasteiger partial charge in [-0.3, -0.25) is 14.9 Å². The molecule has 0 fully saturated rings. The predicted molar refractivity (Wildman–Crippen MR) is 167 cm³/mol. The van der Waals surface area contributed by atoms with Crippen molar-refractivity contribution < 1.29 is 8.98 Å². The van der Waals surface area contributed by atoms with Crippen molar-refractivity contribution in [1.82, 2.24) is 25.5 Å². The van der Waals surface area contributed by atoms with Crippen molar-refractivity contribution in [2.24, 2.45) is 0 Å². The summed E-state index contributed by atoms with van der Waals surface area (Å²) in [6.07, 6.45) is 6.13. The average molecular weight is 568 g/mol. The molecule has 4 aromatic rings. The number of pyridine rings is 1. The third-order valence-electron chi connectivity index (χ3n) is 6.46. The molecular formula is C30H41N5O2S2. The van der Waals surface area contributed by atoms with Gasteiger partial charge in [-0.2, -0.15) is 5.10 Å². The highest BCUT2D eigenvalue weighted by Gasteiger charge is 2.28. The molecule has 210 valence electrons. The number of hydrogen-bond acceptors (Lipinski definition) is 5. The second-order valence-corrected chi connectivity index (χ2v) is 15.3. The second kappa shape index (κ2) is 12.9. The molecule has 3 N–H and O–H groups in total. The third kappa shape index (κ3) is 7.56. The Morgan fingerprint density at radius 1 is 1.15 bits per heavy atom. The maximum Gasteiger partial charge on any atom is 0.257 e. The van der Waals surface area contributed by atoms with Crippen LogP contribution in [0, 0.1) is 6.92 Å². The SMILES string of the molecule is C=C(Sc1c(-c2cc3cc(COS(C)(C)C(C)(C)C)ccc3[nH]2)n[nH]c1C)C(=O)NCc1ccccn1.CC. The van der Waals surface area contributed by atoms with Crippen LogP contribution in [0.25, 0.3) is 22.3 Å². The van der Waals surface area contributed by atoms with E-state index < -0.39 is 10.3 Å². The summed E-state index contributed by atoms with van der Waals surface area (Å²) in [6, 6.07) is 14.0. The van der Waals surface area contributed by atoms with Crippen LogP contribution in [0.2, 0.25) is 0 Å². The van der Waals surface area contributed by atoms with Crippen molar-refractivity contribution >= 4 is 38.9 Å². The maximum absolute atomic E-state index is 12.7. The Labute approximate surface area is 238 Å². The Bertz CT molecular complexity index is 1420. The number of hydrogen-bond donors (Lipinski definition) is 3. The molecule has 9 heteroatoms. The zero-order valence-electron chi connectivity index (χ0n) is 24.3. The van der Waals surface area contributed by atoms with Gasteiger partial charge in [-0.15, -0.1) is 10.3 Å². The van der Waals surface area contributed by atoms with Gasteiger partial charge in [0.1, 0.15) is 5.69 Å². The minimum Gasteiger partial charge on any atom is -0.353 e. The Hall–Kier alpha value is -3.01. The molecule has 0 aliphatic carbocycles. The number of aryl methyl sites for hydroxylation is 1. The van der Waals surface area contributed by atoms with Crippen molar-refractivity contribution in [2.45, 2.75) is 64.3 Å². The number of carbonyl (C=O) groups excluding carboxylic acids is 1. The van der Waals surface area contributed by atoms with Crippen LogP contribution in [0.1, 0.15) is 51.6 Å². The van der Waals surface area contributed by atoms with Gasteiger partial charge in [0.2, 0.25) is 0 Å². The second-order valence-electron chi connectivity index (χ2n) is 10.3. The van der Waals surface area contributed by atoms with Crippen molar-refractivity contribution in [2.75, 3.05) is 12.5 Å². The van der Waals surface area contributed by atoms with Gasteiger partial charge in [0.25, 0.3) is 5.91 Å². The summed E-state index contributed by atoms with van der Waals surface area (Å²) in [5.41, 5.74) is 5.45. The fourth-order valence-electron chi connectivity index (χ4n) is 3.46. The summed E-state index contributed by atoms with van der Waals surface area (Å²) >= 11 is 1.31. The molecule has 1 aromatic carbocycles. The molecule has 0 atom stereocenters. The Balaban J connectivity index is 0.00000205. The standard InChI is InChI=1S/C28H35N5O2S2.C2H6/c1-18-26(36-19(2)27(34)30-16-22-10-8-9-13-29-22)25(33-32-18)24-15-21-14-20(11-12-23(21)31-24)17-35-37(6,7)28(3,4)5;1-2/h8-15,31H,2,16-17H2,1,3-7H3,(H,30,34)(H,32,33);1-2H3. The highest BCUT2D eigenvalue weighted by Crippen LogP contribution is 2.54. The molecule has 4 rings (SSSR count). The number of nitrogens with zero attached hydrogens (tertiary/aromatic N) is 2. The quantitative estimate of drug-likeness (QED) is 0.144. The van der Waals surface area contributed by atoms with Gasteiger partial charge in [-0.25, -0.2) is 0 Å². The first-order valence-electron chi connectivity index (χ1n) is 13.0. The van der Waals surface area contributed by atoms with Crippen molar-refractivity contribution in [3.8, 4) is 11.4 Å². The molecule has 0 saturated heterocycles. The largest absolute Gasteiger partial charge is 0.353 e. The Morgan fingerprint density at radius 3 is 2.56 bits per heavy atom. The van der Waals surface area contributed by atoms with Gasteiger partial charge in [-0.05, 0) is 55.3 Å². The highest BCUT2D eigenvalue weighted by atomic mass is 32.3. The molecule has 1 amide bonds. The van der Waals surface area contributed by atoms with E-state index in [0.29, 0.717) is 18.1 Å². The van der Waals surface area contributed by atoms with E-state index in [-0.39, 0.29) is 10.7 Å². The van der Waals surface area contributed by atoms with Crippen LogP contribution >= 0.6 is 22.1 Å². The number of rotatable bonds is 9. The number of aromatic amines is 2. The van der Waals surface area contributed by atoms with E-state index in [1.54, 1.807) is 6.20 Å². The molecule has 39 heavy (non-hydrogen) atoms. The van der Waals surface area contributed by atoms with Crippen LogP contribution in [-0.2, 0) is 22.1 Å². The molecule has 0 aliphatic rings. The monoisotopic (exact) mass is 567 g/mol. The van der Waals surface area contributed by atoms with E-state index in [1.165, 1.54) is 11.8 Å². The number of aromatic nitrogens is 4. The van der Waals surface area contributed by atoms with Crippen LogP contribution in [0.4, 0.5) is 0 Å². The first-order chi connectivity index (χ1) is 18.4. The number of fused-ring (bicyclic) bond motifs is 1. The smallest absolute Gasteiger partial charge is 0.257 e. The van der Waals surface area contributed by atoms with Gasteiger partial charge in [0.15, 0.2) is 0 Å². The molecule has 0 unspecified atom stereocenters. The van der Waals surface area contributed by atoms with E-state index in [4.69, 9.17) is 4.18 Å². The summed E-state index contributed by atoms with van der Waals surface area (Å²) in [5, 5.41) is 11.5. The van der Waals surface area contributed by atoms with Crippen LogP contribution in [0.15, 0.2) is 65.0 Å². The lowest BCUT2D eigenvalue weighted by Crippen LogP contribution is -2.24. The summed E-state index contributed by atoms with van der Waals surface area (Å²) in [7, 11) is -1.20. The molecule has 0 saturated carbocycles. The number of nitrogens with one attached hydrogen (secondary N) is 3. The minimum absolute atomic E-state index is 0.115. The number of carbonyl (C=O) groups is 1. The predicted octanol–water partition coefficient (Wildman–Crippen LogP) is 7.50. The summed E-state index contributed by atoms with van der Waals surface area (Å²) in [4.78, 5) is 21.6. The lowest BCUT2D eigenvalue weighted by atomic mass is 10.1. The zero-order valence-corrected chi connectivity index (χ0v) is 25.9. The number of amides is 1. The maximum atomic E-state index is 12.7. The van der Waals surface area contributed by atoms with Crippen LogP contribution < -0.4 is 5.32 Å². The Morgan fingerprint density at radius 2 is 1.90 bits per heavy atom. The molecule has 0 aliphatic heterocycles. The van der Waals surface area contributed by atoms with Gasteiger partial charge >= 0.3 is 0 Å². The molecule has 3 aromatic heterocycles. The fourth-order valence-corrected chi connectivity index (χ4v) is 5.11. The fraction of sp³-hybridized carbons (Fsp3) is 0.367. The third-order valence-corrected chi connectivity index (χ3v) is 11.3. The number of thioether (sulfide) groups is 1. The molecule has 0 radical (unpaired) electrons. The molecule has 0 spiro atoms. The van der Waals surface area contributed by atoms with Crippen molar-refractivity contribution in [3.05, 3.63) is 77.1 Å². The van der Waals surface area contributed by atoms with Gasteiger partial charge in [0.05, 0.1) is 34.3 Å². The summed E-state index contributed by atoms with van der Waals surface area (Å²) in [5.74, 6) is -0.233. The Kier molecular flexibility index (Phi) is 10.1. The van der Waals surface area contributed by atoms with E-state index in [1.807, 2.05) is 39.0 Å². The van der Waals surface area contributed by atoms with Gasteiger partial charge < -0.3 is 14.5 Å². The lowest BCUT2D eigenvalue weighted by Gasteiger charge is -2.43. The highest BCUT2D eigenvalue weighted by molar-refractivity contribution is 8.29. The number of benzene rings is 1. The summed E-state index contributed by atoms with van der Waals surface area (Å²) in [6.45, 7) is 17.5. The van der Waals surface area contributed by atoms with Gasteiger partial charge in [-0.1, -0.05) is 65.1 Å². The molecular weight excluding hydrogens is 526 g/mol. The van der Waals surface area contributed by atoms with Crippen molar-refractivity contribution in [3.63, 3.8) is 0 Å². The van der Waals surface area contributed by atoms with Gasteiger partial charge in [0, 0.05) is 27.5 Å². The molecule has 0 bridgehead atoms. The average Bonchev–Trinajstić information content (AvgIpc) is 3.49. The molecule has 3 heterocycles. The van der Waals surface area contributed by atoms with E-state index >= 15 is 0 Å². The van der Waals surface area contributed by atoms with Crippen molar-refractivity contribution in [1.29, 1.82) is 0 Å². The van der Waals surface area contributed by atoms with E-state index in [2.05, 4.69) is 89.6 Å². The lowest BCUT2D eigenvalue weighted by molar-refractivity contribution is -0.116. The number of H-pyrrole nitrogens is 2.